The predicted molar refractivity (Wildman–Crippen MR) is 112 cm³/mol. The Morgan fingerprint density at radius 1 is 1.26 bits per heavy atom. The first-order valence-electron chi connectivity index (χ1n) is 9.86. The highest BCUT2D eigenvalue weighted by Crippen LogP contribution is 2.45. The maximum atomic E-state index is 12.9. The third kappa shape index (κ3) is 3.72. The summed E-state index contributed by atoms with van der Waals surface area (Å²) in [7, 11) is 0. The normalized spacial score (nSPS) is 20.4. The molecule has 0 saturated heterocycles. The first-order chi connectivity index (χ1) is 13.0. The van der Waals surface area contributed by atoms with Gasteiger partial charge in [-0.3, -0.25) is 14.6 Å². The zero-order valence-corrected chi connectivity index (χ0v) is 17.0. The van der Waals surface area contributed by atoms with Crippen LogP contribution in [-0.4, -0.2) is 20.9 Å². The summed E-state index contributed by atoms with van der Waals surface area (Å²) in [5, 5.41) is 4.04. The van der Waals surface area contributed by atoms with E-state index in [2.05, 4.69) is 17.2 Å². The lowest BCUT2D eigenvalue weighted by atomic mass is 9.95. The van der Waals surface area contributed by atoms with Crippen molar-refractivity contribution in [2.75, 3.05) is 0 Å². The van der Waals surface area contributed by atoms with Gasteiger partial charge in [-0.05, 0) is 51.3 Å². The zero-order chi connectivity index (χ0) is 19.0. The molecule has 6 heteroatoms. The molecular weight excluding hydrogens is 358 g/mol. The van der Waals surface area contributed by atoms with Gasteiger partial charge in [0.15, 0.2) is 5.82 Å². The zero-order valence-electron chi connectivity index (χ0n) is 16.2. The third-order valence-corrected chi connectivity index (χ3v) is 6.40. The number of thioether (sulfide) groups is 1. The minimum atomic E-state index is -0.0539. The van der Waals surface area contributed by atoms with Crippen LogP contribution in [0.1, 0.15) is 75.3 Å². The number of benzene rings is 1. The van der Waals surface area contributed by atoms with Crippen LogP contribution in [0.4, 0.5) is 5.82 Å². The highest BCUT2D eigenvalue weighted by atomic mass is 32.2. The van der Waals surface area contributed by atoms with Gasteiger partial charge in [-0.25, -0.2) is 4.99 Å². The number of aromatic amines is 1. The molecule has 1 saturated carbocycles. The van der Waals surface area contributed by atoms with Crippen LogP contribution in [0.5, 0.6) is 5.75 Å². The number of aromatic nitrogens is 2. The second-order valence-corrected chi connectivity index (χ2v) is 9.01. The minimum Gasteiger partial charge on any atom is -0.491 e. The van der Waals surface area contributed by atoms with Gasteiger partial charge in [-0.2, -0.15) is 0 Å². The van der Waals surface area contributed by atoms with E-state index < -0.39 is 0 Å². The van der Waals surface area contributed by atoms with Crippen molar-refractivity contribution in [1.82, 2.24) is 9.78 Å². The molecule has 1 aromatic carbocycles. The molecule has 1 atom stereocenters. The lowest BCUT2D eigenvalue weighted by Crippen LogP contribution is -2.16. The summed E-state index contributed by atoms with van der Waals surface area (Å²) in [6, 6.07) is 8.45. The Morgan fingerprint density at radius 2 is 2.04 bits per heavy atom. The summed E-state index contributed by atoms with van der Waals surface area (Å²) in [6.07, 6.45) is 6.06. The van der Waals surface area contributed by atoms with Crippen molar-refractivity contribution in [3.8, 4) is 5.75 Å². The van der Waals surface area contributed by atoms with E-state index in [9.17, 15) is 4.79 Å². The first-order valence-corrected chi connectivity index (χ1v) is 10.7. The molecule has 2 heterocycles. The third-order valence-electron chi connectivity index (χ3n) is 5.22. The van der Waals surface area contributed by atoms with Crippen molar-refractivity contribution in [2.45, 2.75) is 70.3 Å². The number of nitrogens with zero attached hydrogens (tertiary/aromatic N) is 2. The van der Waals surface area contributed by atoms with Crippen molar-refractivity contribution in [3.05, 3.63) is 45.7 Å². The van der Waals surface area contributed by atoms with E-state index in [1.807, 2.05) is 37.6 Å². The van der Waals surface area contributed by atoms with Crippen LogP contribution in [0.25, 0.3) is 0 Å². The number of hydrogen-bond donors (Lipinski definition) is 1. The van der Waals surface area contributed by atoms with Crippen LogP contribution < -0.4 is 10.3 Å². The monoisotopic (exact) mass is 385 g/mol. The standard InChI is InChI=1S/C21H27N3O2S/c1-13(2)26-17-11-7-8-15(12-17)19-18-20(22-14(3)27-19)24(23-21(18)25)16-9-5-4-6-10-16/h7-8,11-13,16,19H,4-6,9-10H2,1-3H3,(H,23,25). The highest BCUT2D eigenvalue weighted by molar-refractivity contribution is 8.14. The Labute approximate surface area is 164 Å². The van der Waals surface area contributed by atoms with E-state index in [1.54, 1.807) is 11.8 Å². The number of nitrogens with one attached hydrogen (secondary N) is 1. The molecule has 1 fully saturated rings. The summed E-state index contributed by atoms with van der Waals surface area (Å²) < 4.78 is 7.90. The largest absolute Gasteiger partial charge is 0.491 e. The van der Waals surface area contributed by atoms with Gasteiger partial charge in [-0.15, -0.1) is 0 Å². The molecule has 1 unspecified atom stereocenters. The molecule has 1 aliphatic carbocycles. The topological polar surface area (TPSA) is 59.4 Å². The van der Waals surface area contributed by atoms with E-state index >= 15 is 0 Å². The molecule has 1 N–H and O–H groups in total. The van der Waals surface area contributed by atoms with E-state index in [0.29, 0.717) is 6.04 Å². The second-order valence-electron chi connectivity index (χ2n) is 7.71. The molecule has 0 spiro atoms. The van der Waals surface area contributed by atoms with Crippen molar-refractivity contribution in [3.63, 3.8) is 0 Å². The van der Waals surface area contributed by atoms with Crippen molar-refractivity contribution in [1.29, 1.82) is 0 Å². The van der Waals surface area contributed by atoms with Crippen molar-refractivity contribution < 1.29 is 4.74 Å². The fourth-order valence-corrected chi connectivity index (χ4v) is 5.16. The van der Waals surface area contributed by atoms with Gasteiger partial charge < -0.3 is 4.74 Å². The molecule has 0 bridgehead atoms. The Kier molecular flexibility index (Phi) is 5.17. The summed E-state index contributed by atoms with van der Waals surface area (Å²) in [6.45, 7) is 6.07. The molecule has 0 radical (unpaired) electrons. The molecule has 27 heavy (non-hydrogen) atoms. The van der Waals surface area contributed by atoms with Gasteiger partial charge in [0.1, 0.15) is 5.75 Å². The van der Waals surface area contributed by atoms with Crippen molar-refractivity contribution >= 4 is 22.6 Å². The number of rotatable bonds is 4. The number of ether oxygens (including phenoxy) is 1. The summed E-state index contributed by atoms with van der Waals surface area (Å²) >= 11 is 1.64. The maximum absolute atomic E-state index is 12.9. The number of fused-ring (bicyclic) bond motifs is 1. The Morgan fingerprint density at radius 3 is 2.78 bits per heavy atom. The summed E-state index contributed by atoms with van der Waals surface area (Å²) in [5.74, 6) is 1.66. The van der Waals surface area contributed by atoms with Crippen LogP contribution in [0.15, 0.2) is 34.1 Å². The molecule has 0 amide bonds. The molecule has 2 aliphatic rings. The van der Waals surface area contributed by atoms with Gasteiger partial charge in [0.25, 0.3) is 5.56 Å². The fourth-order valence-electron chi connectivity index (χ4n) is 4.07. The quantitative estimate of drug-likeness (QED) is 0.771. The molecular formula is C21H27N3O2S. The number of H-pyrrole nitrogens is 1. The van der Waals surface area contributed by atoms with Crippen LogP contribution in [-0.2, 0) is 0 Å². The van der Waals surface area contributed by atoms with Gasteiger partial charge in [0.2, 0.25) is 0 Å². The average molecular weight is 386 g/mol. The average Bonchev–Trinajstić information content (AvgIpc) is 2.98. The Balaban J connectivity index is 1.75. The van der Waals surface area contributed by atoms with Crippen molar-refractivity contribution in [2.24, 2.45) is 4.99 Å². The molecule has 144 valence electrons. The predicted octanol–water partition coefficient (Wildman–Crippen LogP) is 5.35. The SMILES string of the molecule is CC1=Nc2c(c(=O)[nH]n2C2CCCCC2)C(c2cccc(OC(C)C)c2)S1. The van der Waals surface area contributed by atoms with Gasteiger partial charge in [0, 0.05) is 0 Å². The Bertz CT molecular complexity index is 906. The number of aliphatic imine (C=N–C) groups is 1. The molecule has 1 aliphatic heterocycles. The summed E-state index contributed by atoms with van der Waals surface area (Å²) in [4.78, 5) is 17.7. The smallest absolute Gasteiger partial charge is 0.271 e. The van der Waals surface area contributed by atoms with E-state index in [4.69, 9.17) is 9.73 Å². The van der Waals surface area contributed by atoms with Gasteiger partial charge in [-0.1, -0.05) is 43.2 Å². The molecule has 5 nitrogen and oxygen atoms in total. The van der Waals surface area contributed by atoms with Gasteiger partial charge >= 0.3 is 0 Å². The highest BCUT2D eigenvalue weighted by Gasteiger charge is 2.32. The fraction of sp³-hybridized carbons (Fsp3) is 0.524. The van der Waals surface area contributed by atoms with Crippen LogP contribution in [0.3, 0.4) is 0 Å². The lowest BCUT2D eigenvalue weighted by Gasteiger charge is -2.26. The summed E-state index contributed by atoms with van der Waals surface area (Å²) in [5.41, 5.74) is 1.85. The van der Waals surface area contributed by atoms with E-state index in [-0.39, 0.29) is 16.9 Å². The van der Waals surface area contributed by atoms with Crippen LogP contribution in [0, 0.1) is 0 Å². The second kappa shape index (κ2) is 7.58. The Hall–Kier alpha value is -1.95. The lowest BCUT2D eigenvalue weighted by molar-refractivity contribution is 0.242. The van der Waals surface area contributed by atoms with E-state index in [0.717, 1.165) is 40.6 Å². The van der Waals surface area contributed by atoms with Crippen LogP contribution >= 0.6 is 11.8 Å². The van der Waals surface area contributed by atoms with Crippen LogP contribution in [0.2, 0.25) is 0 Å². The first kappa shape index (κ1) is 18.4. The molecule has 1 aromatic heterocycles. The minimum absolute atomic E-state index is 0.0143. The maximum Gasteiger partial charge on any atom is 0.271 e. The molecule has 2 aromatic rings. The number of hydrogen-bond acceptors (Lipinski definition) is 4. The van der Waals surface area contributed by atoms with Gasteiger partial charge in [0.05, 0.1) is 28.0 Å². The molecule has 4 rings (SSSR count). The van der Waals surface area contributed by atoms with E-state index in [1.165, 1.54) is 19.3 Å².